The minimum atomic E-state index is 0.854. The van der Waals surface area contributed by atoms with E-state index in [4.69, 9.17) is 4.42 Å². The van der Waals surface area contributed by atoms with E-state index in [2.05, 4.69) is 222 Å². The number of fused-ring (bicyclic) bond motifs is 6. The summed E-state index contributed by atoms with van der Waals surface area (Å²) in [5.74, 6) is 0. The van der Waals surface area contributed by atoms with Crippen LogP contribution in [0, 0.1) is 0 Å². The summed E-state index contributed by atoms with van der Waals surface area (Å²) in [4.78, 5) is 2.36. The molecule has 0 aliphatic heterocycles. The van der Waals surface area contributed by atoms with Crippen LogP contribution in [-0.4, -0.2) is 4.57 Å². The highest BCUT2D eigenvalue weighted by Crippen LogP contribution is 2.45. The molecule has 0 aliphatic rings. The number of aromatic nitrogens is 1. The summed E-state index contributed by atoms with van der Waals surface area (Å²) >= 11 is 0. The van der Waals surface area contributed by atoms with Crippen LogP contribution in [0.15, 0.2) is 223 Å². The Bertz CT molecular complexity index is 3160. The summed E-state index contributed by atoms with van der Waals surface area (Å²) in [5.41, 5.74) is 15.3. The molecule has 3 nitrogen and oxygen atoms in total. The zero-order valence-corrected chi connectivity index (χ0v) is 31.1. The van der Waals surface area contributed by atoms with Gasteiger partial charge in [0, 0.05) is 38.6 Å². The third-order valence-corrected chi connectivity index (χ3v) is 11.2. The first kappa shape index (κ1) is 32.8. The predicted octanol–water partition coefficient (Wildman–Crippen LogP) is 15.2. The Balaban J connectivity index is 1.13. The number of furan rings is 1. The second kappa shape index (κ2) is 13.6. The van der Waals surface area contributed by atoms with Gasteiger partial charge >= 0.3 is 0 Å². The molecule has 0 unspecified atom stereocenters. The third-order valence-electron chi connectivity index (χ3n) is 11.2. The minimum absolute atomic E-state index is 0.854. The largest absolute Gasteiger partial charge is 0.454 e. The van der Waals surface area contributed by atoms with Crippen molar-refractivity contribution in [3.8, 4) is 39.1 Å². The van der Waals surface area contributed by atoms with Crippen molar-refractivity contribution in [2.45, 2.75) is 0 Å². The Morgan fingerprint density at radius 1 is 0.368 bits per heavy atom. The highest BCUT2D eigenvalue weighted by molar-refractivity contribution is 6.16. The van der Waals surface area contributed by atoms with E-state index in [0.29, 0.717) is 0 Å². The van der Waals surface area contributed by atoms with Crippen molar-refractivity contribution in [1.29, 1.82) is 0 Å². The number of rotatable bonds is 7. The molecule has 0 aliphatic carbocycles. The second-order valence-corrected chi connectivity index (χ2v) is 14.5. The Morgan fingerprint density at radius 3 is 1.67 bits per heavy atom. The van der Waals surface area contributed by atoms with Gasteiger partial charge in [0.05, 0.1) is 16.7 Å². The van der Waals surface area contributed by atoms with E-state index in [1.54, 1.807) is 0 Å². The van der Waals surface area contributed by atoms with Crippen LogP contribution in [0.1, 0.15) is 0 Å². The molecule has 57 heavy (non-hydrogen) atoms. The van der Waals surface area contributed by atoms with E-state index >= 15 is 0 Å². The first-order chi connectivity index (χ1) is 28.3. The molecule has 0 fully saturated rings. The fourth-order valence-corrected chi connectivity index (χ4v) is 8.58. The Labute approximate surface area is 330 Å². The minimum Gasteiger partial charge on any atom is -0.454 e. The van der Waals surface area contributed by atoms with Crippen LogP contribution < -0.4 is 4.90 Å². The van der Waals surface area contributed by atoms with Crippen LogP contribution in [-0.2, 0) is 0 Å². The van der Waals surface area contributed by atoms with Crippen molar-refractivity contribution in [2.24, 2.45) is 0 Å². The molecule has 2 heterocycles. The second-order valence-electron chi connectivity index (χ2n) is 14.5. The van der Waals surface area contributed by atoms with Gasteiger partial charge in [0.15, 0.2) is 5.58 Å². The molecule has 11 rings (SSSR count). The zero-order valence-electron chi connectivity index (χ0n) is 31.1. The number of hydrogen-bond donors (Lipinski definition) is 0. The van der Waals surface area contributed by atoms with Crippen molar-refractivity contribution < 1.29 is 4.42 Å². The molecule has 0 N–H and O–H groups in total. The van der Waals surface area contributed by atoms with Crippen molar-refractivity contribution in [2.75, 3.05) is 4.90 Å². The lowest BCUT2D eigenvalue weighted by molar-refractivity contribution is 0.669. The molecule has 0 saturated carbocycles. The van der Waals surface area contributed by atoms with Gasteiger partial charge in [-0.15, -0.1) is 0 Å². The van der Waals surface area contributed by atoms with Crippen LogP contribution >= 0.6 is 0 Å². The lowest BCUT2D eigenvalue weighted by Gasteiger charge is -2.27. The number of anilines is 3. The van der Waals surface area contributed by atoms with Gasteiger partial charge in [-0.2, -0.15) is 0 Å². The van der Waals surface area contributed by atoms with Crippen LogP contribution in [0.25, 0.3) is 82.8 Å². The maximum atomic E-state index is 6.71. The van der Waals surface area contributed by atoms with E-state index in [1.807, 2.05) is 6.07 Å². The summed E-state index contributed by atoms with van der Waals surface area (Å²) in [6.07, 6.45) is 0. The van der Waals surface area contributed by atoms with Gasteiger partial charge in [-0.1, -0.05) is 152 Å². The van der Waals surface area contributed by atoms with Crippen molar-refractivity contribution in [3.05, 3.63) is 218 Å². The van der Waals surface area contributed by atoms with E-state index in [-0.39, 0.29) is 0 Å². The van der Waals surface area contributed by atoms with Gasteiger partial charge in [-0.3, -0.25) is 0 Å². The number of hydrogen-bond acceptors (Lipinski definition) is 2. The molecule has 0 atom stereocenters. The monoisotopic (exact) mass is 728 g/mol. The molecule has 3 heteroatoms. The highest BCUT2D eigenvalue weighted by atomic mass is 16.3. The van der Waals surface area contributed by atoms with Gasteiger partial charge < -0.3 is 13.9 Å². The first-order valence-corrected chi connectivity index (χ1v) is 19.4. The van der Waals surface area contributed by atoms with E-state index in [9.17, 15) is 0 Å². The molecular formula is C54H36N2O. The zero-order chi connectivity index (χ0) is 37.7. The molecule has 0 amide bonds. The van der Waals surface area contributed by atoms with Crippen molar-refractivity contribution in [1.82, 2.24) is 4.57 Å². The maximum absolute atomic E-state index is 6.71. The van der Waals surface area contributed by atoms with Crippen LogP contribution in [0.4, 0.5) is 17.1 Å². The highest BCUT2D eigenvalue weighted by Gasteiger charge is 2.22. The van der Waals surface area contributed by atoms with Crippen molar-refractivity contribution >= 4 is 60.8 Å². The number of benzene rings is 9. The summed E-state index contributed by atoms with van der Waals surface area (Å²) in [5, 5.41) is 4.68. The molecular weight excluding hydrogens is 693 g/mol. The molecule has 268 valence electrons. The van der Waals surface area contributed by atoms with Crippen molar-refractivity contribution in [3.63, 3.8) is 0 Å². The average molecular weight is 729 g/mol. The fraction of sp³-hybridized carbons (Fsp3) is 0. The predicted molar refractivity (Wildman–Crippen MR) is 239 cm³/mol. The molecule has 11 aromatic rings. The molecule has 0 radical (unpaired) electrons. The summed E-state index contributed by atoms with van der Waals surface area (Å²) in [6, 6.07) is 78.1. The fourth-order valence-electron chi connectivity index (χ4n) is 8.58. The van der Waals surface area contributed by atoms with E-state index < -0.39 is 0 Å². The van der Waals surface area contributed by atoms with Gasteiger partial charge in [0.1, 0.15) is 5.58 Å². The lowest BCUT2D eigenvalue weighted by Crippen LogP contribution is -2.10. The smallest absolute Gasteiger partial charge is 0.159 e. The SMILES string of the molecule is c1ccc(-c2cc(-c3ccccc3)cc(N(c3ccc(-c4cccc5c4c4ccccc4n5-c4ccccc4)cc3)c3cccc4c3oc3ccccc34)c2)cc1. The molecule has 9 aromatic carbocycles. The summed E-state index contributed by atoms with van der Waals surface area (Å²) < 4.78 is 9.09. The normalized spacial score (nSPS) is 11.5. The van der Waals surface area contributed by atoms with Crippen LogP contribution in [0.3, 0.4) is 0 Å². The van der Waals surface area contributed by atoms with Gasteiger partial charge in [0.25, 0.3) is 0 Å². The molecule has 0 spiro atoms. The molecule has 2 aromatic heterocycles. The summed E-state index contributed by atoms with van der Waals surface area (Å²) in [7, 11) is 0. The van der Waals surface area contributed by atoms with Gasteiger partial charge in [-0.25, -0.2) is 0 Å². The Morgan fingerprint density at radius 2 is 0.947 bits per heavy atom. The Kier molecular flexibility index (Phi) is 7.82. The Hall–Kier alpha value is -7.62. The number of para-hydroxylation sites is 4. The molecule has 0 saturated heterocycles. The number of nitrogens with zero attached hydrogens (tertiary/aromatic N) is 2. The third kappa shape index (κ3) is 5.60. The quantitative estimate of drug-likeness (QED) is 0.163. The lowest BCUT2D eigenvalue weighted by atomic mass is 9.96. The summed E-state index contributed by atoms with van der Waals surface area (Å²) in [6.45, 7) is 0. The van der Waals surface area contributed by atoms with Crippen LogP contribution in [0.5, 0.6) is 0 Å². The van der Waals surface area contributed by atoms with E-state index in [0.717, 1.165) is 72.5 Å². The van der Waals surface area contributed by atoms with Crippen LogP contribution in [0.2, 0.25) is 0 Å². The average Bonchev–Trinajstić information content (AvgIpc) is 3.84. The molecule has 0 bridgehead atoms. The maximum Gasteiger partial charge on any atom is 0.159 e. The topological polar surface area (TPSA) is 21.3 Å². The van der Waals surface area contributed by atoms with E-state index in [1.165, 1.54) is 27.4 Å². The standard InChI is InChI=1S/C54H36N2O/c1-4-16-37(17-5-1)40-34-41(38-18-6-2-7-19-38)36-44(35-40)55(51-28-15-25-47-46-22-11-13-29-52(46)57-54(47)51)43-32-30-39(31-33-43)45-24-14-27-50-53(45)48-23-10-12-26-49(48)56(50)42-20-8-3-9-21-42/h1-36H. The van der Waals surface area contributed by atoms with Gasteiger partial charge in [0.2, 0.25) is 0 Å². The first-order valence-electron chi connectivity index (χ1n) is 19.4. The van der Waals surface area contributed by atoms with Gasteiger partial charge in [-0.05, 0) is 100 Å².